The number of phenols is 1. The molecule has 1 aromatic rings. The van der Waals surface area contributed by atoms with Gasteiger partial charge in [-0.1, -0.05) is 27.2 Å². The van der Waals surface area contributed by atoms with Gasteiger partial charge in [-0.05, 0) is 67.1 Å². The molecule has 1 aromatic carbocycles. The van der Waals surface area contributed by atoms with Crippen molar-refractivity contribution in [3.8, 4) is 5.75 Å². The van der Waals surface area contributed by atoms with Gasteiger partial charge >= 0.3 is 0 Å². The first kappa shape index (κ1) is 29.6. The lowest BCUT2D eigenvalue weighted by atomic mass is 9.61. The number of phenolic OH excluding ortho intramolecular Hbond substituents is 1. The van der Waals surface area contributed by atoms with Crippen LogP contribution in [0.1, 0.15) is 76.0 Å². The van der Waals surface area contributed by atoms with E-state index in [0.717, 1.165) is 24.9 Å². The Kier molecular flexibility index (Phi) is 8.63. The van der Waals surface area contributed by atoms with E-state index < -0.39 is 47.1 Å². The minimum Gasteiger partial charge on any atom is -0.507 e. The van der Waals surface area contributed by atoms with Crippen LogP contribution in [0.5, 0.6) is 5.75 Å². The number of amides is 1. The van der Waals surface area contributed by atoms with Gasteiger partial charge in [0.2, 0.25) is 11.7 Å². The Morgan fingerprint density at radius 2 is 1.84 bits per heavy atom. The van der Waals surface area contributed by atoms with Gasteiger partial charge in [-0.3, -0.25) is 14.4 Å². The van der Waals surface area contributed by atoms with Crippen molar-refractivity contribution in [1.29, 1.82) is 0 Å². The van der Waals surface area contributed by atoms with Crippen LogP contribution in [0, 0.1) is 17.3 Å². The molecular weight excluding hydrogens is 488 g/mol. The Balaban J connectivity index is 2.11. The molecule has 0 spiro atoms. The summed E-state index contributed by atoms with van der Waals surface area (Å²) in [5, 5.41) is 43.7. The monoisotopic (exact) mass is 530 g/mol. The summed E-state index contributed by atoms with van der Waals surface area (Å²) in [6.07, 6.45) is 2.96. The van der Waals surface area contributed by atoms with Crippen LogP contribution < -0.4 is 10.6 Å². The number of nitrogens with two attached hydrogens (primary N) is 1. The quantitative estimate of drug-likeness (QED) is 0.228. The lowest BCUT2D eigenvalue weighted by molar-refractivity contribution is -0.159. The maximum Gasteiger partial charge on any atom is 0.225 e. The van der Waals surface area contributed by atoms with Crippen LogP contribution in [0.3, 0.4) is 0 Å². The molecule has 6 N–H and O–H groups in total. The molecule has 2 aliphatic rings. The van der Waals surface area contributed by atoms with Crippen LogP contribution >= 0.6 is 0 Å². The summed E-state index contributed by atoms with van der Waals surface area (Å²) in [4.78, 5) is 40.0. The molecule has 3 atom stereocenters. The molecule has 2 aliphatic carbocycles. The maximum atomic E-state index is 13.7. The van der Waals surface area contributed by atoms with E-state index in [4.69, 9.17) is 5.73 Å². The predicted molar refractivity (Wildman–Crippen MR) is 145 cm³/mol. The minimum absolute atomic E-state index is 0.0383. The molecule has 1 fully saturated rings. The Morgan fingerprint density at radius 3 is 2.39 bits per heavy atom. The van der Waals surface area contributed by atoms with Crippen molar-refractivity contribution in [2.24, 2.45) is 23.0 Å². The molecule has 1 saturated carbocycles. The summed E-state index contributed by atoms with van der Waals surface area (Å²) in [7, 11) is 3.74. The third-order valence-electron chi connectivity index (χ3n) is 7.91. The van der Waals surface area contributed by atoms with Gasteiger partial charge < -0.3 is 31.1 Å². The van der Waals surface area contributed by atoms with E-state index >= 15 is 0 Å². The van der Waals surface area contributed by atoms with Crippen LogP contribution in [-0.2, 0) is 27.2 Å². The maximum absolute atomic E-state index is 13.7. The molecule has 0 unspecified atom stereocenters. The molecule has 0 radical (unpaired) electrons. The first-order valence-electron chi connectivity index (χ1n) is 13.3. The van der Waals surface area contributed by atoms with E-state index in [9.17, 15) is 34.8 Å². The normalized spacial score (nSPS) is 23.2. The molecule has 1 amide bonds. The zero-order valence-corrected chi connectivity index (χ0v) is 23.1. The van der Waals surface area contributed by atoms with Gasteiger partial charge in [0, 0.05) is 37.9 Å². The number of hydrogen-bond donors (Lipinski definition) is 5. The summed E-state index contributed by atoms with van der Waals surface area (Å²) in [5.41, 5.74) is 4.93. The fourth-order valence-corrected chi connectivity index (χ4v) is 5.98. The van der Waals surface area contributed by atoms with Gasteiger partial charge in [-0.15, -0.1) is 0 Å². The van der Waals surface area contributed by atoms with Crippen LogP contribution in [0.25, 0.3) is 5.76 Å². The predicted octanol–water partition coefficient (Wildman–Crippen LogP) is 2.81. The van der Waals surface area contributed by atoms with Gasteiger partial charge in [-0.25, -0.2) is 0 Å². The molecule has 9 heteroatoms. The topological polar surface area (TPSA) is 161 Å². The summed E-state index contributed by atoms with van der Waals surface area (Å²) < 4.78 is 0. The number of anilines is 1. The highest BCUT2D eigenvalue weighted by atomic mass is 16.3. The Bertz CT molecular complexity index is 1150. The van der Waals surface area contributed by atoms with Gasteiger partial charge in [0.1, 0.15) is 11.5 Å². The number of hydrogen-bond acceptors (Lipinski definition) is 8. The zero-order valence-electron chi connectivity index (χ0n) is 23.1. The number of nitrogens with zero attached hydrogens (tertiary/aromatic N) is 1. The zero-order chi connectivity index (χ0) is 28.6. The number of benzene rings is 1. The number of Topliss-reactive ketones (excluding diaryl/α,β-unsaturated/α-hetero) is 2. The van der Waals surface area contributed by atoms with Crippen LogP contribution in [0.15, 0.2) is 11.6 Å². The van der Waals surface area contributed by atoms with Crippen LogP contribution in [-0.4, -0.2) is 64.2 Å². The van der Waals surface area contributed by atoms with Gasteiger partial charge in [0.15, 0.2) is 11.4 Å². The second kappa shape index (κ2) is 11.1. The number of carbonyl (C=O) groups excluding carboxylic acids is 3. The van der Waals surface area contributed by atoms with Crippen molar-refractivity contribution < 1.29 is 34.8 Å². The van der Waals surface area contributed by atoms with E-state index in [2.05, 4.69) is 20.8 Å². The fourth-order valence-electron chi connectivity index (χ4n) is 5.98. The van der Waals surface area contributed by atoms with E-state index in [0.29, 0.717) is 24.0 Å². The number of aromatic hydroxyl groups is 1. The SMILES string of the molecule is CN(C)c1cc(CCCCC(C)(C)C)c(O)c2c1C[C@H]1C[C@@H](CCO)[C@@](O)(C(=O)CC(N)=O)C(=O)C1=C2O. The number of aryl methyl sites for hydroxylation is 1. The first-order valence-corrected chi connectivity index (χ1v) is 13.3. The highest BCUT2D eigenvalue weighted by Gasteiger charge is 2.57. The average molecular weight is 531 g/mol. The van der Waals surface area contributed by atoms with Gasteiger partial charge in [-0.2, -0.15) is 0 Å². The third-order valence-corrected chi connectivity index (χ3v) is 7.91. The van der Waals surface area contributed by atoms with Gasteiger partial charge in [0.05, 0.1) is 12.0 Å². The number of unbranched alkanes of at least 4 members (excludes halogenated alkanes) is 1. The molecule has 0 aromatic heterocycles. The number of rotatable bonds is 10. The van der Waals surface area contributed by atoms with E-state index in [1.165, 1.54) is 0 Å². The summed E-state index contributed by atoms with van der Waals surface area (Å²) in [6, 6.07) is 1.92. The molecule has 0 saturated heterocycles. The lowest BCUT2D eigenvalue weighted by Crippen LogP contribution is -2.59. The highest BCUT2D eigenvalue weighted by molar-refractivity contribution is 6.23. The first-order chi connectivity index (χ1) is 17.6. The molecule has 38 heavy (non-hydrogen) atoms. The third kappa shape index (κ3) is 5.59. The van der Waals surface area contributed by atoms with Crippen molar-refractivity contribution in [2.45, 2.75) is 77.7 Å². The smallest absolute Gasteiger partial charge is 0.225 e. The van der Waals surface area contributed by atoms with Gasteiger partial charge in [0.25, 0.3) is 0 Å². The Labute approximate surface area is 224 Å². The van der Waals surface area contributed by atoms with E-state index in [1.54, 1.807) is 0 Å². The molecule has 9 nitrogen and oxygen atoms in total. The lowest BCUT2D eigenvalue weighted by Gasteiger charge is -2.44. The molecular formula is C29H42N2O7. The molecule has 0 aliphatic heterocycles. The van der Waals surface area contributed by atoms with Crippen molar-refractivity contribution in [3.63, 3.8) is 0 Å². The molecule has 0 bridgehead atoms. The summed E-state index contributed by atoms with van der Waals surface area (Å²) in [5.74, 6) is -5.09. The van der Waals surface area contributed by atoms with Crippen LogP contribution in [0.4, 0.5) is 5.69 Å². The minimum atomic E-state index is -2.60. The Morgan fingerprint density at radius 1 is 1.18 bits per heavy atom. The number of ketones is 2. The van der Waals surface area contributed by atoms with Crippen molar-refractivity contribution in [2.75, 3.05) is 25.6 Å². The number of carbonyl (C=O) groups is 3. The largest absolute Gasteiger partial charge is 0.507 e. The van der Waals surface area contributed by atoms with Crippen molar-refractivity contribution >= 4 is 28.9 Å². The second-order valence-corrected chi connectivity index (χ2v) is 12.2. The number of aliphatic hydroxyl groups is 3. The number of aliphatic hydroxyl groups excluding tert-OH is 2. The summed E-state index contributed by atoms with van der Waals surface area (Å²) >= 11 is 0. The number of primary amides is 1. The highest BCUT2D eigenvalue weighted by Crippen LogP contribution is 2.51. The van der Waals surface area contributed by atoms with Crippen molar-refractivity contribution in [3.05, 3.63) is 28.3 Å². The average Bonchev–Trinajstić information content (AvgIpc) is 2.79. The standard InChI is InChI=1S/C29H42N2O7/c1-28(2,3)10-7-6-8-16-14-20(31(4)5)19-13-17-12-18(9-11-32)29(38,21(33)15-22(30)34)27(37)23(17)26(36)24(19)25(16)35/h14,17-18,32,35-36,38H,6-13,15H2,1-5H3,(H2,30,34)/t17-,18-,29-/m1/s1. The Hall–Kier alpha value is -2.91. The van der Waals surface area contributed by atoms with E-state index in [1.807, 2.05) is 25.1 Å². The molecule has 0 heterocycles. The van der Waals surface area contributed by atoms with Crippen molar-refractivity contribution in [1.82, 2.24) is 0 Å². The fraction of sp³-hybridized carbons (Fsp3) is 0.621. The summed E-state index contributed by atoms with van der Waals surface area (Å²) in [6.45, 7) is 6.15. The second-order valence-electron chi connectivity index (χ2n) is 12.2. The van der Waals surface area contributed by atoms with Crippen LogP contribution in [0.2, 0.25) is 0 Å². The molecule has 210 valence electrons. The number of fused-ring (bicyclic) bond motifs is 2. The molecule has 3 rings (SSSR count). The van der Waals surface area contributed by atoms with E-state index in [-0.39, 0.29) is 41.7 Å².